The van der Waals surface area contributed by atoms with Gasteiger partial charge in [0.25, 0.3) is 0 Å². The van der Waals surface area contributed by atoms with Crippen LogP contribution in [0, 0.1) is 0 Å². The highest BCUT2D eigenvalue weighted by atomic mass is 16.5. The summed E-state index contributed by atoms with van der Waals surface area (Å²) in [6.45, 7) is 7.04. The summed E-state index contributed by atoms with van der Waals surface area (Å²) < 4.78 is 6.76. The molecule has 1 aliphatic heterocycles. The smallest absolute Gasteiger partial charge is 0.306 e. The summed E-state index contributed by atoms with van der Waals surface area (Å²) in [5, 5.41) is 0. The number of carbonyl (C=O) groups excluding carboxylic acids is 1. The van der Waals surface area contributed by atoms with E-state index in [0.717, 1.165) is 45.8 Å². The summed E-state index contributed by atoms with van der Waals surface area (Å²) in [6.07, 6.45) is 6.15. The van der Waals surface area contributed by atoms with Crippen LogP contribution in [-0.4, -0.2) is 71.7 Å². The van der Waals surface area contributed by atoms with E-state index in [-0.39, 0.29) is 5.97 Å². The number of nitrogens with zero attached hydrogens (tertiary/aromatic N) is 4. The van der Waals surface area contributed by atoms with Gasteiger partial charge in [-0.15, -0.1) is 0 Å². The highest BCUT2D eigenvalue weighted by molar-refractivity contribution is 5.69. The molecule has 0 atom stereocenters. The van der Waals surface area contributed by atoms with Gasteiger partial charge >= 0.3 is 5.97 Å². The summed E-state index contributed by atoms with van der Waals surface area (Å²) in [6, 6.07) is 0. The van der Waals surface area contributed by atoms with Crippen molar-refractivity contribution in [3.8, 4) is 0 Å². The van der Waals surface area contributed by atoms with Crippen LogP contribution >= 0.6 is 0 Å². The third-order valence-corrected chi connectivity index (χ3v) is 3.56. The van der Waals surface area contributed by atoms with E-state index >= 15 is 0 Å². The van der Waals surface area contributed by atoms with Gasteiger partial charge in [0.1, 0.15) is 0 Å². The standard InChI is InChI=1S/C13H22N4O2/c1-19-13(18)2-4-15-6-8-16(9-7-15)10-11-17-5-3-14-12-17/h3,5,12H,2,4,6-11H2,1H3. The van der Waals surface area contributed by atoms with Gasteiger partial charge in [-0.3, -0.25) is 9.69 Å². The monoisotopic (exact) mass is 266 g/mol. The molecule has 0 spiro atoms. The maximum absolute atomic E-state index is 11.1. The molecule has 0 saturated carbocycles. The molecular formula is C13H22N4O2. The molecule has 6 heteroatoms. The first-order valence-electron chi connectivity index (χ1n) is 6.75. The number of ether oxygens (including phenoxy) is 1. The molecule has 2 rings (SSSR count). The van der Waals surface area contributed by atoms with Gasteiger partial charge in [-0.25, -0.2) is 4.98 Å². The fourth-order valence-electron chi connectivity index (χ4n) is 2.26. The molecule has 0 aromatic carbocycles. The number of piperazine rings is 1. The van der Waals surface area contributed by atoms with E-state index in [4.69, 9.17) is 0 Å². The van der Waals surface area contributed by atoms with Crippen LogP contribution in [0.25, 0.3) is 0 Å². The zero-order chi connectivity index (χ0) is 13.5. The van der Waals surface area contributed by atoms with Crippen LogP contribution < -0.4 is 0 Å². The van der Waals surface area contributed by atoms with Crippen molar-refractivity contribution in [3.05, 3.63) is 18.7 Å². The van der Waals surface area contributed by atoms with Crippen LogP contribution in [0.4, 0.5) is 0 Å². The number of esters is 1. The number of methoxy groups -OCH3 is 1. The molecule has 0 aliphatic carbocycles. The first-order chi connectivity index (χ1) is 9.28. The zero-order valence-corrected chi connectivity index (χ0v) is 11.5. The molecule has 1 saturated heterocycles. The highest BCUT2D eigenvalue weighted by Crippen LogP contribution is 2.03. The van der Waals surface area contributed by atoms with E-state index in [1.165, 1.54) is 7.11 Å². The Bertz CT molecular complexity index is 372. The SMILES string of the molecule is COC(=O)CCN1CCN(CCn2ccnc2)CC1. The minimum atomic E-state index is -0.123. The van der Waals surface area contributed by atoms with E-state index in [0.29, 0.717) is 6.42 Å². The lowest BCUT2D eigenvalue weighted by atomic mass is 10.3. The van der Waals surface area contributed by atoms with Gasteiger partial charge in [-0.1, -0.05) is 0 Å². The van der Waals surface area contributed by atoms with E-state index in [1.807, 2.05) is 18.7 Å². The van der Waals surface area contributed by atoms with Gasteiger partial charge in [-0.2, -0.15) is 0 Å². The normalized spacial score (nSPS) is 17.5. The lowest BCUT2D eigenvalue weighted by Crippen LogP contribution is -2.47. The van der Waals surface area contributed by atoms with Crippen LogP contribution in [-0.2, 0) is 16.1 Å². The quantitative estimate of drug-likeness (QED) is 0.682. The van der Waals surface area contributed by atoms with E-state index in [2.05, 4.69) is 24.1 Å². The number of imidazole rings is 1. The second-order valence-electron chi connectivity index (χ2n) is 4.81. The lowest BCUT2D eigenvalue weighted by molar-refractivity contribution is -0.141. The molecule has 0 unspecified atom stereocenters. The molecule has 0 bridgehead atoms. The number of hydrogen-bond donors (Lipinski definition) is 0. The molecule has 1 fully saturated rings. The van der Waals surface area contributed by atoms with Crippen molar-refractivity contribution >= 4 is 5.97 Å². The second-order valence-corrected chi connectivity index (χ2v) is 4.81. The Hall–Kier alpha value is -1.40. The van der Waals surface area contributed by atoms with E-state index < -0.39 is 0 Å². The van der Waals surface area contributed by atoms with Crippen LogP contribution in [0.2, 0.25) is 0 Å². The van der Waals surface area contributed by atoms with Gasteiger partial charge < -0.3 is 14.2 Å². The van der Waals surface area contributed by atoms with Crippen molar-refractivity contribution in [2.75, 3.05) is 46.4 Å². The molecule has 2 heterocycles. The van der Waals surface area contributed by atoms with Gasteiger partial charge in [0.2, 0.25) is 0 Å². The van der Waals surface area contributed by atoms with E-state index in [9.17, 15) is 4.79 Å². The Labute approximate surface area is 114 Å². The molecule has 106 valence electrons. The van der Waals surface area contributed by atoms with Crippen LogP contribution in [0.15, 0.2) is 18.7 Å². The Morgan fingerprint density at radius 2 is 1.84 bits per heavy atom. The van der Waals surface area contributed by atoms with Crippen molar-refractivity contribution in [1.29, 1.82) is 0 Å². The second kappa shape index (κ2) is 7.25. The summed E-state index contributed by atoms with van der Waals surface area (Å²) in [5.41, 5.74) is 0. The molecule has 1 aliphatic rings. The molecule has 6 nitrogen and oxygen atoms in total. The average molecular weight is 266 g/mol. The first kappa shape index (κ1) is 14.0. The predicted molar refractivity (Wildman–Crippen MR) is 71.7 cm³/mol. The van der Waals surface area contributed by atoms with Gasteiger partial charge in [0.15, 0.2) is 0 Å². The zero-order valence-electron chi connectivity index (χ0n) is 11.5. The van der Waals surface area contributed by atoms with Gasteiger partial charge in [-0.05, 0) is 0 Å². The molecular weight excluding hydrogens is 244 g/mol. The van der Waals surface area contributed by atoms with Crippen molar-refractivity contribution < 1.29 is 9.53 Å². The van der Waals surface area contributed by atoms with E-state index in [1.54, 1.807) is 0 Å². The number of aromatic nitrogens is 2. The lowest BCUT2D eigenvalue weighted by Gasteiger charge is -2.34. The molecule has 1 aromatic rings. The summed E-state index contributed by atoms with van der Waals surface area (Å²) in [4.78, 5) is 19.9. The topological polar surface area (TPSA) is 50.6 Å². The average Bonchev–Trinajstić information content (AvgIpc) is 2.97. The third-order valence-electron chi connectivity index (χ3n) is 3.56. The Balaban J connectivity index is 1.61. The van der Waals surface area contributed by atoms with Gasteiger partial charge in [0, 0.05) is 58.2 Å². The van der Waals surface area contributed by atoms with Crippen molar-refractivity contribution in [2.45, 2.75) is 13.0 Å². The number of hydrogen-bond acceptors (Lipinski definition) is 5. The number of carbonyl (C=O) groups is 1. The number of rotatable bonds is 6. The molecule has 1 aromatic heterocycles. The van der Waals surface area contributed by atoms with Gasteiger partial charge in [0.05, 0.1) is 19.9 Å². The van der Waals surface area contributed by atoms with Crippen molar-refractivity contribution in [2.24, 2.45) is 0 Å². The Kier molecular flexibility index (Phi) is 5.35. The predicted octanol–water partition coefficient (Wildman–Crippen LogP) is 0.0638. The minimum absolute atomic E-state index is 0.123. The van der Waals surface area contributed by atoms with Crippen LogP contribution in [0.5, 0.6) is 0 Å². The fourth-order valence-corrected chi connectivity index (χ4v) is 2.26. The minimum Gasteiger partial charge on any atom is -0.469 e. The summed E-state index contributed by atoms with van der Waals surface area (Å²) >= 11 is 0. The Morgan fingerprint density at radius 3 is 2.42 bits per heavy atom. The fraction of sp³-hybridized carbons (Fsp3) is 0.692. The largest absolute Gasteiger partial charge is 0.469 e. The Morgan fingerprint density at radius 1 is 1.16 bits per heavy atom. The third kappa shape index (κ3) is 4.65. The summed E-state index contributed by atoms with van der Waals surface area (Å²) in [7, 11) is 1.44. The summed E-state index contributed by atoms with van der Waals surface area (Å²) in [5.74, 6) is -0.123. The van der Waals surface area contributed by atoms with Crippen LogP contribution in [0.1, 0.15) is 6.42 Å². The molecule has 0 radical (unpaired) electrons. The first-order valence-corrected chi connectivity index (χ1v) is 6.75. The molecule has 19 heavy (non-hydrogen) atoms. The maximum Gasteiger partial charge on any atom is 0.306 e. The molecule has 0 amide bonds. The van der Waals surface area contributed by atoms with Crippen molar-refractivity contribution in [1.82, 2.24) is 19.4 Å². The van der Waals surface area contributed by atoms with Crippen LogP contribution in [0.3, 0.4) is 0 Å². The highest BCUT2D eigenvalue weighted by Gasteiger charge is 2.17. The molecule has 0 N–H and O–H groups in total. The van der Waals surface area contributed by atoms with Crippen molar-refractivity contribution in [3.63, 3.8) is 0 Å². The maximum atomic E-state index is 11.1.